The second-order valence-corrected chi connectivity index (χ2v) is 11.1. The lowest BCUT2D eigenvalue weighted by atomic mass is 9.87. The molecule has 2 N–H and O–H groups in total. The molecule has 0 radical (unpaired) electrons. The van der Waals surface area contributed by atoms with Gasteiger partial charge < -0.3 is 15.3 Å². The van der Waals surface area contributed by atoms with Gasteiger partial charge in [0, 0.05) is 30.0 Å². The Bertz CT molecular complexity index is 1280. The lowest BCUT2D eigenvalue weighted by molar-refractivity contribution is 0.0691. The average Bonchev–Trinajstić information content (AvgIpc) is 3.49. The first-order valence-corrected chi connectivity index (χ1v) is 13.0. The fraction of sp³-hybridized carbons (Fsp3) is 0.375. The number of thioether (sulfide) groups is 1. The van der Waals surface area contributed by atoms with Gasteiger partial charge in [-0.3, -0.25) is 4.79 Å². The molecule has 2 aliphatic heterocycles. The highest BCUT2D eigenvalue weighted by atomic mass is 32.2. The van der Waals surface area contributed by atoms with E-state index in [9.17, 15) is 14.3 Å². The predicted molar refractivity (Wildman–Crippen MR) is 135 cm³/mol. The molecule has 0 unspecified atom stereocenters. The molecule has 0 bridgehead atoms. The maximum absolute atomic E-state index is 14.7. The van der Waals surface area contributed by atoms with E-state index in [0.29, 0.717) is 29.8 Å². The Morgan fingerprint density at radius 2 is 2.03 bits per heavy atom. The van der Waals surface area contributed by atoms with Crippen LogP contribution in [0.4, 0.5) is 10.3 Å². The van der Waals surface area contributed by atoms with Crippen LogP contribution >= 0.6 is 23.3 Å². The summed E-state index contributed by atoms with van der Waals surface area (Å²) in [5, 5.41) is 14.0. The van der Waals surface area contributed by atoms with Crippen molar-refractivity contribution in [3.05, 3.63) is 70.2 Å². The van der Waals surface area contributed by atoms with Gasteiger partial charge in [-0.15, -0.1) is 0 Å². The molecule has 0 saturated carbocycles. The van der Waals surface area contributed by atoms with Crippen LogP contribution in [0.2, 0.25) is 0 Å². The Morgan fingerprint density at radius 1 is 1.26 bits per heavy atom. The third-order valence-corrected chi connectivity index (χ3v) is 8.21. The van der Waals surface area contributed by atoms with Gasteiger partial charge in [-0.2, -0.15) is 0 Å². The highest BCUT2D eigenvalue weighted by Crippen LogP contribution is 2.47. The van der Waals surface area contributed by atoms with Crippen LogP contribution < -0.4 is 10.2 Å². The zero-order valence-corrected chi connectivity index (χ0v) is 21.2. The molecule has 8 nitrogen and oxygen atoms in total. The first kappa shape index (κ1) is 23.8. The summed E-state index contributed by atoms with van der Waals surface area (Å²) in [5.74, 6) is 0.367. The van der Waals surface area contributed by atoms with Gasteiger partial charge in [-0.1, -0.05) is 30.0 Å². The number of rotatable bonds is 4. The number of nitrogens with one attached hydrogen (secondary N) is 1. The summed E-state index contributed by atoms with van der Waals surface area (Å²) in [6.07, 6.45) is 1.75. The standard InChI is InChI=1S/C24H25FN6O2S2/c1-14-18(25)19(23(2,3)33)28-21(27-14)31-11-16-12-34-22(29-20(32)15-7-5-4-6-8-15)30-24(16,13-31)17-9-10-26-35-17/h4-10,16,33H,11-13H2,1-3H3,(H,29,30,32)/t16-,24-/m0/s1. The number of fused-ring (bicyclic) bond motifs is 1. The van der Waals surface area contributed by atoms with Gasteiger partial charge in [0.05, 0.1) is 17.1 Å². The monoisotopic (exact) mass is 512 g/mol. The molecule has 0 aliphatic carbocycles. The number of hydrogen-bond acceptors (Lipinski definition) is 9. The van der Waals surface area contributed by atoms with Crippen LogP contribution in [-0.4, -0.2) is 49.4 Å². The number of aromatic nitrogens is 3. The molecule has 5 rings (SSSR count). The van der Waals surface area contributed by atoms with Crippen molar-refractivity contribution < 1.29 is 14.3 Å². The van der Waals surface area contributed by atoms with Crippen molar-refractivity contribution in [3.8, 4) is 0 Å². The lowest BCUT2D eigenvalue weighted by Gasteiger charge is -2.33. The van der Waals surface area contributed by atoms with Crippen LogP contribution in [0.3, 0.4) is 0 Å². The molecule has 35 heavy (non-hydrogen) atoms. The quantitative estimate of drug-likeness (QED) is 0.552. The van der Waals surface area contributed by atoms with Crippen molar-refractivity contribution in [2.24, 2.45) is 10.9 Å². The van der Waals surface area contributed by atoms with Gasteiger partial charge in [0.2, 0.25) is 5.95 Å². The summed E-state index contributed by atoms with van der Waals surface area (Å²) >= 11 is 2.88. The molecule has 1 aromatic carbocycles. The van der Waals surface area contributed by atoms with Gasteiger partial charge in [0.25, 0.3) is 5.91 Å². The van der Waals surface area contributed by atoms with E-state index < -0.39 is 17.0 Å². The van der Waals surface area contributed by atoms with Crippen LogP contribution in [0.5, 0.6) is 0 Å². The van der Waals surface area contributed by atoms with Gasteiger partial charge >= 0.3 is 0 Å². The molecule has 2 atom stereocenters. The fourth-order valence-electron chi connectivity index (χ4n) is 4.45. The number of hydrogen-bond donors (Lipinski definition) is 2. The number of nitrogens with zero attached hydrogens (tertiary/aromatic N) is 5. The van der Waals surface area contributed by atoms with Crippen LogP contribution in [0.25, 0.3) is 0 Å². The molecular formula is C24H25FN6O2S2. The summed E-state index contributed by atoms with van der Waals surface area (Å²) in [6.45, 7) is 5.63. The largest absolute Gasteiger partial charge is 0.384 e. The maximum atomic E-state index is 14.7. The number of amidine groups is 1. The minimum Gasteiger partial charge on any atom is -0.384 e. The fourth-order valence-corrected chi connectivity index (χ4v) is 6.38. The van der Waals surface area contributed by atoms with Crippen LogP contribution in [0.1, 0.15) is 40.5 Å². The summed E-state index contributed by atoms with van der Waals surface area (Å²) in [4.78, 5) is 29.6. The topological polar surface area (TPSA) is 104 Å². The predicted octanol–water partition coefficient (Wildman–Crippen LogP) is 3.47. The number of halogens is 1. The summed E-state index contributed by atoms with van der Waals surface area (Å²) < 4.78 is 19.0. The summed E-state index contributed by atoms with van der Waals surface area (Å²) in [6, 6.07) is 11.0. The third-order valence-electron chi connectivity index (χ3n) is 6.26. The summed E-state index contributed by atoms with van der Waals surface area (Å²) in [7, 11) is 0. The number of amides is 1. The molecule has 2 aliphatic rings. The Hall–Kier alpha value is -2.89. The average molecular weight is 513 g/mol. The van der Waals surface area contributed by atoms with Crippen LogP contribution in [-0.2, 0) is 11.1 Å². The number of carbonyl (C=O) groups excluding carboxylic acids is 1. The van der Waals surface area contributed by atoms with Gasteiger partial charge in [-0.05, 0) is 50.5 Å². The molecule has 4 heterocycles. The van der Waals surface area contributed by atoms with Crippen molar-refractivity contribution >= 4 is 40.3 Å². The minimum atomic E-state index is -1.45. The molecule has 1 saturated heterocycles. The van der Waals surface area contributed by atoms with Gasteiger partial charge in [-0.25, -0.2) is 23.7 Å². The van der Waals surface area contributed by atoms with E-state index in [1.165, 1.54) is 37.1 Å². The van der Waals surface area contributed by atoms with Gasteiger partial charge in [0.1, 0.15) is 16.8 Å². The zero-order chi connectivity index (χ0) is 24.8. The molecular weight excluding hydrogens is 487 g/mol. The van der Waals surface area contributed by atoms with E-state index in [2.05, 4.69) is 19.7 Å². The lowest BCUT2D eigenvalue weighted by Crippen LogP contribution is -2.42. The van der Waals surface area contributed by atoms with E-state index in [1.54, 1.807) is 25.3 Å². The molecule has 3 aromatic rings. The molecule has 0 spiro atoms. The van der Waals surface area contributed by atoms with Crippen molar-refractivity contribution in [2.75, 3.05) is 23.7 Å². The van der Waals surface area contributed by atoms with E-state index in [1.807, 2.05) is 29.2 Å². The summed E-state index contributed by atoms with van der Waals surface area (Å²) in [5.41, 5.74) is -1.38. The SMILES string of the molecule is Cc1nc(N2C[C@H]3CSC(NC(=O)c4ccccc4)=N[C@@]3(c3ccns3)C2)nc(C(C)(C)O)c1F. The van der Waals surface area contributed by atoms with E-state index >= 15 is 0 Å². The number of benzene rings is 1. The Balaban J connectivity index is 1.50. The first-order valence-electron chi connectivity index (χ1n) is 11.2. The van der Waals surface area contributed by atoms with Crippen molar-refractivity contribution in [2.45, 2.75) is 31.9 Å². The van der Waals surface area contributed by atoms with Crippen LogP contribution in [0.15, 0.2) is 47.6 Å². The second-order valence-electron chi connectivity index (χ2n) is 9.26. The number of aliphatic imine (C=N–C) groups is 1. The smallest absolute Gasteiger partial charge is 0.257 e. The number of carbonyl (C=O) groups is 1. The molecule has 1 amide bonds. The minimum absolute atomic E-state index is 0.0320. The number of aryl methyl sites for hydroxylation is 1. The normalized spacial score (nSPS) is 22.0. The number of anilines is 1. The van der Waals surface area contributed by atoms with Gasteiger partial charge in [0.15, 0.2) is 11.0 Å². The van der Waals surface area contributed by atoms with Crippen molar-refractivity contribution in [1.29, 1.82) is 0 Å². The highest BCUT2D eigenvalue weighted by molar-refractivity contribution is 8.13. The zero-order valence-electron chi connectivity index (χ0n) is 19.5. The number of aliphatic hydroxyl groups is 1. The van der Waals surface area contributed by atoms with Crippen molar-refractivity contribution in [3.63, 3.8) is 0 Å². The highest BCUT2D eigenvalue weighted by Gasteiger charge is 2.52. The second kappa shape index (κ2) is 8.96. The molecule has 2 aromatic heterocycles. The maximum Gasteiger partial charge on any atom is 0.257 e. The molecule has 182 valence electrons. The molecule has 1 fully saturated rings. The molecule has 11 heteroatoms. The van der Waals surface area contributed by atoms with E-state index in [-0.39, 0.29) is 23.2 Å². The Labute approximate surface area is 210 Å². The first-order chi connectivity index (χ1) is 16.7. The van der Waals surface area contributed by atoms with Crippen molar-refractivity contribution in [1.82, 2.24) is 19.7 Å². The third kappa shape index (κ3) is 4.43. The Kier molecular flexibility index (Phi) is 6.10. The Morgan fingerprint density at radius 3 is 2.71 bits per heavy atom. The van der Waals surface area contributed by atoms with E-state index in [4.69, 9.17) is 4.99 Å². The van der Waals surface area contributed by atoms with E-state index in [0.717, 1.165) is 10.6 Å². The van der Waals surface area contributed by atoms with Crippen LogP contribution in [0, 0.1) is 18.7 Å².